The van der Waals surface area contributed by atoms with Gasteiger partial charge in [-0.05, 0) is 36.9 Å². The van der Waals surface area contributed by atoms with E-state index in [2.05, 4.69) is 5.32 Å². The summed E-state index contributed by atoms with van der Waals surface area (Å²) in [4.78, 5) is 13.4. The number of carbonyl (C=O) groups excluding carboxylic acids is 1. The van der Waals surface area contributed by atoms with Crippen LogP contribution in [0.4, 0.5) is 5.69 Å². The Labute approximate surface area is 158 Å². The first-order valence-electron chi connectivity index (χ1n) is 8.60. The van der Waals surface area contributed by atoms with Crippen molar-refractivity contribution in [3.05, 3.63) is 46.8 Å². The van der Waals surface area contributed by atoms with Crippen molar-refractivity contribution in [3.8, 4) is 0 Å². The highest BCUT2D eigenvalue weighted by molar-refractivity contribution is 7.91. The summed E-state index contributed by atoms with van der Waals surface area (Å²) in [6, 6.07) is 9.32. The van der Waals surface area contributed by atoms with Crippen molar-refractivity contribution < 1.29 is 18.1 Å². The van der Waals surface area contributed by atoms with Gasteiger partial charge in [-0.15, -0.1) is 11.3 Å². The molecule has 1 fully saturated rings. The zero-order valence-electron chi connectivity index (χ0n) is 15.0. The van der Waals surface area contributed by atoms with E-state index < -0.39 is 10.0 Å². The van der Waals surface area contributed by atoms with Gasteiger partial charge < -0.3 is 10.2 Å². The lowest BCUT2D eigenvalue weighted by Gasteiger charge is -2.30. The first kappa shape index (κ1) is 19.0. The minimum Gasteiger partial charge on any atom is -0.325 e. The average molecular weight is 395 g/mol. The van der Waals surface area contributed by atoms with Gasteiger partial charge in [0.1, 0.15) is 4.21 Å². The molecule has 140 valence electrons. The van der Waals surface area contributed by atoms with Crippen LogP contribution in [0.3, 0.4) is 0 Å². The maximum atomic E-state index is 12.5. The number of nitrogens with zero attached hydrogens (tertiary/aromatic N) is 1. The zero-order chi connectivity index (χ0) is 18.7. The monoisotopic (exact) mass is 394 g/mol. The first-order valence-corrected chi connectivity index (χ1v) is 10.9. The molecule has 0 aliphatic carbocycles. The second-order valence-corrected chi connectivity index (χ2v) is 9.74. The van der Waals surface area contributed by atoms with E-state index in [1.54, 1.807) is 17.5 Å². The van der Waals surface area contributed by atoms with E-state index in [-0.39, 0.29) is 5.91 Å². The third-order valence-electron chi connectivity index (χ3n) is 4.59. The summed E-state index contributed by atoms with van der Waals surface area (Å²) in [5.74, 6) is -0.0403. The Morgan fingerprint density at radius 1 is 1.23 bits per heavy atom. The van der Waals surface area contributed by atoms with Crippen LogP contribution < -0.4 is 10.2 Å². The lowest BCUT2D eigenvalue weighted by atomic mass is 10.1. The Balaban J connectivity index is 1.53. The molecule has 1 aliphatic rings. The van der Waals surface area contributed by atoms with E-state index in [0.717, 1.165) is 21.7 Å². The summed E-state index contributed by atoms with van der Waals surface area (Å²) in [7, 11) is -3.39. The van der Waals surface area contributed by atoms with E-state index in [1.165, 1.54) is 15.6 Å². The van der Waals surface area contributed by atoms with E-state index >= 15 is 0 Å². The van der Waals surface area contributed by atoms with Gasteiger partial charge >= 0.3 is 0 Å². The van der Waals surface area contributed by atoms with Gasteiger partial charge in [-0.3, -0.25) is 4.79 Å². The fraction of sp³-hybridized carbons (Fsp3) is 0.389. The quantitative estimate of drug-likeness (QED) is 0.791. The number of quaternary nitrogens is 1. The van der Waals surface area contributed by atoms with Crippen molar-refractivity contribution in [2.75, 3.05) is 38.0 Å². The van der Waals surface area contributed by atoms with Gasteiger partial charge in [0, 0.05) is 5.69 Å². The number of piperazine rings is 1. The SMILES string of the molecule is Cc1ccc(NC(=O)C[NH+]2CCN(S(=O)(=O)c3cccs3)CC2)c(C)c1. The number of sulfonamides is 1. The van der Waals surface area contributed by atoms with Crippen LogP contribution in [0.25, 0.3) is 0 Å². The first-order chi connectivity index (χ1) is 12.4. The van der Waals surface area contributed by atoms with Crippen molar-refractivity contribution in [2.24, 2.45) is 0 Å². The molecule has 2 heterocycles. The fourth-order valence-electron chi connectivity index (χ4n) is 3.13. The zero-order valence-corrected chi connectivity index (χ0v) is 16.6. The van der Waals surface area contributed by atoms with E-state index in [4.69, 9.17) is 0 Å². The number of aryl methyl sites for hydroxylation is 2. The van der Waals surface area contributed by atoms with Crippen LogP contribution >= 0.6 is 11.3 Å². The highest BCUT2D eigenvalue weighted by atomic mass is 32.2. The van der Waals surface area contributed by atoms with Crippen LogP contribution in [-0.2, 0) is 14.8 Å². The summed E-state index contributed by atoms with van der Waals surface area (Å²) >= 11 is 1.24. The molecule has 1 aromatic heterocycles. The van der Waals surface area contributed by atoms with Gasteiger partial charge in [0.05, 0.1) is 26.2 Å². The van der Waals surface area contributed by atoms with E-state index in [1.807, 2.05) is 32.0 Å². The lowest BCUT2D eigenvalue weighted by Crippen LogP contribution is -3.15. The van der Waals surface area contributed by atoms with Crippen molar-refractivity contribution in [1.82, 2.24) is 4.31 Å². The van der Waals surface area contributed by atoms with Crippen molar-refractivity contribution in [3.63, 3.8) is 0 Å². The molecule has 8 heteroatoms. The Kier molecular flexibility index (Phi) is 5.76. The largest absolute Gasteiger partial charge is 0.325 e. The number of rotatable bonds is 5. The Hall–Kier alpha value is -1.74. The van der Waals surface area contributed by atoms with Gasteiger partial charge in [-0.1, -0.05) is 23.8 Å². The van der Waals surface area contributed by atoms with Gasteiger partial charge in [-0.25, -0.2) is 8.42 Å². The third-order valence-corrected chi connectivity index (χ3v) is 7.86. The van der Waals surface area contributed by atoms with Crippen LogP contribution in [0.5, 0.6) is 0 Å². The highest BCUT2D eigenvalue weighted by Crippen LogP contribution is 2.20. The number of thiophene rings is 1. The summed E-state index contributed by atoms with van der Waals surface area (Å²) in [6.45, 7) is 6.48. The molecule has 3 rings (SSSR count). The number of carbonyl (C=O) groups is 1. The highest BCUT2D eigenvalue weighted by Gasteiger charge is 2.31. The molecule has 1 aliphatic heterocycles. The van der Waals surface area contributed by atoms with Crippen LogP contribution in [-0.4, -0.2) is 51.4 Å². The van der Waals surface area contributed by atoms with Gasteiger partial charge in [0.2, 0.25) is 0 Å². The average Bonchev–Trinajstić information content (AvgIpc) is 3.13. The fourth-order valence-corrected chi connectivity index (χ4v) is 5.72. The smallest absolute Gasteiger partial charge is 0.279 e. The number of amides is 1. The maximum absolute atomic E-state index is 12.5. The predicted molar refractivity (Wildman–Crippen MR) is 103 cm³/mol. The van der Waals surface area contributed by atoms with Crippen molar-refractivity contribution >= 4 is 33.0 Å². The standard InChI is InChI=1S/C18H23N3O3S2/c1-14-5-6-16(15(2)12-14)19-17(22)13-20-7-9-21(10-8-20)26(23,24)18-4-3-11-25-18/h3-6,11-12H,7-10,13H2,1-2H3,(H,19,22)/p+1. The Morgan fingerprint density at radius 2 is 1.96 bits per heavy atom. The molecule has 1 aromatic carbocycles. The molecule has 0 bridgehead atoms. The third kappa shape index (κ3) is 4.32. The molecule has 6 nitrogen and oxygen atoms in total. The van der Waals surface area contributed by atoms with Crippen molar-refractivity contribution in [1.29, 1.82) is 0 Å². The molecule has 0 spiro atoms. The molecular formula is C18H24N3O3S2+. The summed E-state index contributed by atoms with van der Waals surface area (Å²) in [6.07, 6.45) is 0. The van der Waals surface area contributed by atoms with Crippen LogP contribution in [0.15, 0.2) is 39.9 Å². The molecule has 1 amide bonds. The molecular weight excluding hydrogens is 370 g/mol. The minimum atomic E-state index is -3.39. The minimum absolute atomic E-state index is 0.0403. The van der Waals surface area contributed by atoms with Crippen LogP contribution in [0.1, 0.15) is 11.1 Å². The molecule has 0 saturated carbocycles. The number of benzene rings is 1. The molecule has 2 aromatic rings. The molecule has 0 atom stereocenters. The summed E-state index contributed by atoms with van der Waals surface area (Å²) < 4.78 is 27.0. The van der Waals surface area contributed by atoms with E-state index in [0.29, 0.717) is 36.9 Å². The second-order valence-electron chi connectivity index (χ2n) is 6.63. The second kappa shape index (κ2) is 7.87. The summed E-state index contributed by atoms with van der Waals surface area (Å²) in [5.41, 5.74) is 3.04. The van der Waals surface area contributed by atoms with E-state index in [9.17, 15) is 13.2 Å². The predicted octanol–water partition coefficient (Wildman–Crippen LogP) is 0.893. The van der Waals surface area contributed by atoms with Crippen LogP contribution in [0, 0.1) is 13.8 Å². The van der Waals surface area contributed by atoms with Crippen LogP contribution in [0.2, 0.25) is 0 Å². The van der Waals surface area contributed by atoms with Gasteiger partial charge in [0.15, 0.2) is 6.54 Å². The van der Waals surface area contributed by atoms with Crippen molar-refractivity contribution in [2.45, 2.75) is 18.1 Å². The number of anilines is 1. The molecule has 1 saturated heterocycles. The number of nitrogens with one attached hydrogen (secondary N) is 2. The lowest BCUT2D eigenvalue weighted by molar-refractivity contribution is -0.895. The molecule has 0 unspecified atom stereocenters. The van der Waals surface area contributed by atoms with Gasteiger partial charge in [0.25, 0.3) is 15.9 Å². The Morgan fingerprint density at radius 3 is 2.58 bits per heavy atom. The Bertz CT molecular complexity index is 871. The molecule has 2 N–H and O–H groups in total. The normalized spacial score (nSPS) is 16.5. The van der Waals surface area contributed by atoms with Gasteiger partial charge in [-0.2, -0.15) is 4.31 Å². The molecule has 0 radical (unpaired) electrons. The number of hydrogen-bond donors (Lipinski definition) is 2. The molecule has 26 heavy (non-hydrogen) atoms. The number of hydrogen-bond acceptors (Lipinski definition) is 4. The maximum Gasteiger partial charge on any atom is 0.279 e. The summed E-state index contributed by atoms with van der Waals surface area (Å²) in [5, 5.41) is 4.73. The topological polar surface area (TPSA) is 70.9 Å².